The molecule has 2 aromatic carbocycles. The van der Waals surface area contributed by atoms with Crippen LogP contribution < -0.4 is 24.7 Å². The average Bonchev–Trinajstić information content (AvgIpc) is 3.14. The van der Waals surface area contributed by atoms with Gasteiger partial charge < -0.3 is 14.5 Å². The van der Waals surface area contributed by atoms with E-state index in [0.29, 0.717) is 20.6 Å². The fourth-order valence-electron chi connectivity index (χ4n) is 4.03. The number of hydrogen-bond donors (Lipinski definition) is 0. The molecule has 0 N–H and O–H groups in total. The van der Waals surface area contributed by atoms with E-state index < -0.39 is 12.0 Å². The highest BCUT2D eigenvalue weighted by molar-refractivity contribution is 7.07. The van der Waals surface area contributed by atoms with Gasteiger partial charge in [-0.3, -0.25) is 9.36 Å². The molecule has 182 valence electrons. The number of esters is 1. The number of carbonyl (C=O) groups excluding carboxylic acids is 1. The number of rotatable bonds is 6. The Bertz CT molecular complexity index is 1450. The monoisotopic (exact) mass is 490 g/mol. The van der Waals surface area contributed by atoms with Crippen molar-refractivity contribution in [2.75, 3.05) is 44.6 Å². The predicted octanol–water partition coefficient (Wildman–Crippen LogP) is 3.04. The van der Waals surface area contributed by atoms with E-state index in [9.17, 15) is 9.59 Å². The van der Waals surface area contributed by atoms with Gasteiger partial charge in [0.1, 0.15) is 6.04 Å². The standard InChI is InChI=1S/C27H30N4O3S/c1-7-34-26(33)23-17(2)31-25(32)22(16-18-8-12-20(13-9-18)29(3)4)35-27(31)28-24(23)19-10-14-21(15-11-19)30(5)6/h8-16,24H,7H2,1-6H3/b22-16-/t24-/m1/s1. The van der Waals surface area contributed by atoms with Gasteiger partial charge in [0.2, 0.25) is 0 Å². The number of allylic oxidation sites excluding steroid dienone is 1. The number of ether oxygens (including phenoxy) is 1. The topological polar surface area (TPSA) is 67.1 Å². The van der Waals surface area contributed by atoms with Crippen molar-refractivity contribution in [3.8, 4) is 0 Å². The zero-order chi connectivity index (χ0) is 25.3. The van der Waals surface area contributed by atoms with Crippen molar-refractivity contribution in [1.82, 2.24) is 4.57 Å². The molecule has 35 heavy (non-hydrogen) atoms. The predicted molar refractivity (Wildman–Crippen MR) is 143 cm³/mol. The summed E-state index contributed by atoms with van der Waals surface area (Å²) in [4.78, 5) is 35.9. The molecule has 1 atom stereocenters. The van der Waals surface area contributed by atoms with Crippen molar-refractivity contribution in [2.24, 2.45) is 4.99 Å². The Morgan fingerprint density at radius 1 is 1.03 bits per heavy atom. The molecular weight excluding hydrogens is 460 g/mol. The van der Waals surface area contributed by atoms with Gasteiger partial charge in [0, 0.05) is 45.3 Å². The molecule has 0 saturated carbocycles. The molecule has 2 heterocycles. The van der Waals surface area contributed by atoms with Gasteiger partial charge in [-0.15, -0.1) is 0 Å². The van der Waals surface area contributed by atoms with Crippen LogP contribution in [0, 0.1) is 0 Å². The highest BCUT2D eigenvalue weighted by Crippen LogP contribution is 2.33. The van der Waals surface area contributed by atoms with Crippen molar-refractivity contribution in [1.29, 1.82) is 0 Å². The van der Waals surface area contributed by atoms with E-state index in [1.807, 2.05) is 92.6 Å². The first kappa shape index (κ1) is 24.5. The Balaban J connectivity index is 1.87. The quantitative estimate of drug-likeness (QED) is 0.497. The molecule has 1 aliphatic heterocycles. The molecular formula is C27H30N4O3S. The Morgan fingerprint density at radius 3 is 2.14 bits per heavy atom. The fraction of sp³-hybridized carbons (Fsp3) is 0.296. The van der Waals surface area contributed by atoms with Crippen LogP contribution in [0.25, 0.3) is 11.8 Å². The van der Waals surface area contributed by atoms with Crippen LogP contribution in [-0.4, -0.2) is 45.3 Å². The number of nitrogens with zero attached hydrogens (tertiary/aromatic N) is 4. The van der Waals surface area contributed by atoms with E-state index >= 15 is 0 Å². The van der Waals surface area contributed by atoms with Gasteiger partial charge in [0.15, 0.2) is 4.80 Å². The second-order valence-corrected chi connectivity index (χ2v) is 9.77. The molecule has 4 rings (SSSR count). The van der Waals surface area contributed by atoms with Crippen LogP contribution in [-0.2, 0) is 9.53 Å². The Kier molecular flexibility index (Phi) is 6.93. The van der Waals surface area contributed by atoms with Crippen molar-refractivity contribution in [2.45, 2.75) is 19.9 Å². The maximum Gasteiger partial charge on any atom is 0.338 e. The van der Waals surface area contributed by atoms with Gasteiger partial charge in [-0.05, 0) is 55.3 Å². The van der Waals surface area contributed by atoms with Gasteiger partial charge in [0.05, 0.1) is 16.7 Å². The molecule has 0 radical (unpaired) electrons. The molecule has 0 amide bonds. The average molecular weight is 491 g/mol. The smallest absolute Gasteiger partial charge is 0.338 e. The van der Waals surface area contributed by atoms with Gasteiger partial charge >= 0.3 is 5.97 Å². The van der Waals surface area contributed by atoms with Crippen LogP contribution in [0.1, 0.15) is 31.0 Å². The minimum atomic E-state index is -0.546. The van der Waals surface area contributed by atoms with E-state index in [1.165, 1.54) is 15.9 Å². The first-order valence-corrected chi connectivity index (χ1v) is 12.3. The van der Waals surface area contributed by atoms with Crippen LogP contribution in [0.15, 0.2) is 63.9 Å². The summed E-state index contributed by atoms with van der Waals surface area (Å²) in [6.07, 6.45) is 1.87. The van der Waals surface area contributed by atoms with Gasteiger partial charge in [-0.1, -0.05) is 35.6 Å². The van der Waals surface area contributed by atoms with Crippen LogP contribution in [0.3, 0.4) is 0 Å². The molecule has 0 unspecified atom stereocenters. The third-order valence-corrected chi connectivity index (χ3v) is 6.96. The van der Waals surface area contributed by atoms with Gasteiger partial charge in [-0.25, -0.2) is 9.79 Å². The van der Waals surface area contributed by atoms with E-state index in [2.05, 4.69) is 0 Å². The minimum absolute atomic E-state index is 0.189. The van der Waals surface area contributed by atoms with Crippen LogP contribution >= 0.6 is 11.3 Å². The number of benzene rings is 2. The summed E-state index contributed by atoms with van der Waals surface area (Å²) in [5, 5.41) is 0. The lowest BCUT2D eigenvalue weighted by molar-refractivity contribution is -0.138. The first-order valence-electron chi connectivity index (χ1n) is 11.5. The molecule has 3 aromatic rings. The van der Waals surface area contributed by atoms with Crippen molar-refractivity contribution < 1.29 is 9.53 Å². The number of anilines is 2. The van der Waals surface area contributed by atoms with Crippen LogP contribution in [0.4, 0.5) is 11.4 Å². The van der Waals surface area contributed by atoms with Crippen molar-refractivity contribution >= 4 is 40.5 Å². The molecule has 0 bridgehead atoms. The summed E-state index contributed by atoms with van der Waals surface area (Å²) in [7, 11) is 7.93. The summed E-state index contributed by atoms with van der Waals surface area (Å²) < 4.78 is 7.46. The molecule has 0 saturated heterocycles. The largest absolute Gasteiger partial charge is 0.463 e. The summed E-state index contributed by atoms with van der Waals surface area (Å²) >= 11 is 1.33. The second-order valence-electron chi connectivity index (χ2n) is 8.76. The Morgan fingerprint density at radius 2 is 1.60 bits per heavy atom. The normalized spacial score (nSPS) is 15.5. The summed E-state index contributed by atoms with van der Waals surface area (Å²) in [5.41, 5.74) is 4.68. The van der Waals surface area contributed by atoms with Crippen LogP contribution in [0.5, 0.6) is 0 Å². The van der Waals surface area contributed by atoms with E-state index in [0.717, 1.165) is 22.5 Å². The number of hydrogen-bond acceptors (Lipinski definition) is 7. The number of aromatic nitrogens is 1. The summed E-state index contributed by atoms with van der Waals surface area (Å²) in [6.45, 7) is 3.80. The zero-order valence-corrected chi connectivity index (χ0v) is 21.7. The maximum atomic E-state index is 13.4. The third kappa shape index (κ3) is 4.79. The van der Waals surface area contributed by atoms with Crippen molar-refractivity contribution in [3.63, 3.8) is 0 Å². The molecule has 0 aliphatic carbocycles. The van der Waals surface area contributed by atoms with E-state index in [1.54, 1.807) is 13.8 Å². The molecule has 1 aliphatic rings. The van der Waals surface area contributed by atoms with Crippen molar-refractivity contribution in [3.05, 3.63) is 84.9 Å². The lowest BCUT2D eigenvalue weighted by atomic mass is 9.96. The zero-order valence-electron chi connectivity index (χ0n) is 20.9. The maximum absolute atomic E-state index is 13.4. The first-order chi connectivity index (χ1) is 16.7. The summed E-state index contributed by atoms with van der Waals surface area (Å²) in [6, 6.07) is 15.4. The lowest BCUT2D eigenvalue weighted by Gasteiger charge is -2.23. The van der Waals surface area contributed by atoms with Gasteiger partial charge in [-0.2, -0.15) is 0 Å². The third-order valence-electron chi connectivity index (χ3n) is 5.97. The Labute approximate surface area is 208 Å². The number of thiazole rings is 1. The molecule has 8 heteroatoms. The number of fused-ring (bicyclic) bond motifs is 1. The summed E-state index contributed by atoms with van der Waals surface area (Å²) in [5.74, 6) is -0.455. The highest BCUT2D eigenvalue weighted by atomic mass is 32.1. The molecule has 0 fully saturated rings. The Hall–Kier alpha value is -3.65. The van der Waals surface area contributed by atoms with E-state index in [-0.39, 0.29) is 12.2 Å². The van der Waals surface area contributed by atoms with E-state index in [4.69, 9.17) is 9.73 Å². The fourth-order valence-corrected chi connectivity index (χ4v) is 5.07. The van der Waals surface area contributed by atoms with Crippen LogP contribution in [0.2, 0.25) is 0 Å². The number of carbonyl (C=O) groups is 1. The molecule has 7 nitrogen and oxygen atoms in total. The second kappa shape index (κ2) is 9.92. The molecule has 0 spiro atoms. The highest BCUT2D eigenvalue weighted by Gasteiger charge is 2.31. The SMILES string of the molecule is CCOC(=O)C1=C(C)n2c(s/c(=C\c3ccc(N(C)C)cc3)c2=O)=N[C@@H]1c1ccc(N(C)C)cc1. The molecule has 1 aromatic heterocycles. The lowest BCUT2D eigenvalue weighted by Crippen LogP contribution is -2.35. The van der Waals surface area contributed by atoms with Gasteiger partial charge in [0.25, 0.3) is 5.56 Å². The minimum Gasteiger partial charge on any atom is -0.463 e.